The second kappa shape index (κ2) is 12.2. The summed E-state index contributed by atoms with van der Waals surface area (Å²) in [5, 5.41) is 8.86. The van der Waals surface area contributed by atoms with Crippen molar-refractivity contribution >= 4 is 21.7 Å². The summed E-state index contributed by atoms with van der Waals surface area (Å²) in [5.41, 5.74) is 10.9. The van der Waals surface area contributed by atoms with Gasteiger partial charge in [-0.1, -0.05) is 158 Å². The van der Waals surface area contributed by atoms with Crippen molar-refractivity contribution in [1.82, 2.24) is 19.7 Å². The fraction of sp³-hybridized carbons (Fsp3) is 0. The van der Waals surface area contributed by atoms with Crippen LogP contribution >= 0.6 is 0 Å². The average molecular weight is 627 g/mol. The third-order valence-electron chi connectivity index (χ3n) is 9.04. The lowest BCUT2D eigenvalue weighted by Crippen LogP contribution is -2.03. The van der Waals surface area contributed by atoms with Crippen LogP contribution in [0.25, 0.3) is 83.6 Å². The van der Waals surface area contributed by atoms with Gasteiger partial charge in [0, 0.05) is 33.0 Å². The molecule has 0 unspecified atom stereocenters. The molecule has 2 aromatic heterocycles. The van der Waals surface area contributed by atoms with E-state index in [0.717, 1.165) is 77.8 Å². The minimum Gasteiger partial charge on any atom is -0.231 e. The van der Waals surface area contributed by atoms with E-state index >= 15 is 0 Å². The van der Waals surface area contributed by atoms with Crippen LogP contribution in [0.5, 0.6) is 0 Å². The van der Waals surface area contributed by atoms with Crippen molar-refractivity contribution < 1.29 is 0 Å². The Morgan fingerprint density at radius 1 is 0.408 bits per heavy atom. The molecule has 0 aliphatic rings. The average Bonchev–Trinajstić information content (AvgIpc) is 3.60. The Morgan fingerprint density at radius 3 is 1.55 bits per heavy atom. The summed E-state index contributed by atoms with van der Waals surface area (Å²) in [6, 6.07) is 63.0. The maximum absolute atomic E-state index is 5.47. The van der Waals surface area contributed by atoms with Crippen LogP contribution in [-0.4, -0.2) is 19.7 Å². The van der Waals surface area contributed by atoms with Gasteiger partial charge in [-0.2, -0.15) is 5.10 Å². The number of fused-ring (bicyclic) bond motifs is 3. The van der Waals surface area contributed by atoms with Crippen LogP contribution < -0.4 is 0 Å². The maximum Gasteiger partial charge on any atom is 0.162 e. The van der Waals surface area contributed by atoms with E-state index in [-0.39, 0.29) is 0 Å². The number of para-hydroxylation sites is 1. The molecule has 0 atom stereocenters. The first-order valence-electron chi connectivity index (χ1n) is 16.5. The zero-order valence-corrected chi connectivity index (χ0v) is 26.6. The van der Waals surface area contributed by atoms with E-state index in [1.54, 1.807) is 0 Å². The number of hydrogen-bond acceptors (Lipinski definition) is 3. The van der Waals surface area contributed by atoms with E-state index in [1.165, 1.54) is 0 Å². The molecule has 0 aliphatic heterocycles. The monoisotopic (exact) mass is 626 g/mol. The van der Waals surface area contributed by atoms with Gasteiger partial charge in [0.1, 0.15) is 5.69 Å². The summed E-state index contributed by atoms with van der Waals surface area (Å²) in [7, 11) is 0. The Labute approximate surface area is 284 Å². The summed E-state index contributed by atoms with van der Waals surface area (Å²) in [4.78, 5) is 10.4. The highest BCUT2D eigenvalue weighted by molar-refractivity contribution is 6.17. The van der Waals surface area contributed by atoms with Gasteiger partial charge >= 0.3 is 0 Å². The molecule has 49 heavy (non-hydrogen) atoms. The van der Waals surface area contributed by atoms with Crippen LogP contribution in [0.3, 0.4) is 0 Å². The lowest BCUT2D eigenvalue weighted by Gasteiger charge is -2.14. The van der Waals surface area contributed by atoms with Gasteiger partial charge in [-0.15, -0.1) is 0 Å². The molecular weight excluding hydrogens is 597 g/mol. The highest BCUT2D eigenvalue weighted by Gasteiger charge is 2.23. The molecule has 4 nitrogen and oxygen atoms in total. The molecule has 7 aromatic carbocycles. The van der Waals surface area contributed by atoms with E-state index in [0.29, 0.717) is 5.82 Å². The van der Waals surface area contributed by atoms with Crippen LogP contribution in [-0.2, 0) is 0 Å². The Kier molecular flexibility index (Phi) is 7.10. The topological polar surface area (TPSA) is 43.6 Å². The number of rotatable bonds is 6. The van der Waals surface area contributed by atoms with E-state index in [9.17, 15) is 0 Å². The first-order valence-corrected chi connectivity index (χ1v) is 16.5. The van der Waals surface area contributed by atoms with E-state index < -0.39 is 0 Å². The minimum atomic E-state index is 0.643. The molecule has 0 spiro atoms. The number of benzene rings is 7. The number of hydrogen-bond donors (Lipinski definition) is 0. The lowest BCUT2D eigenvalue weighted by atomic mass is 9.94. The van der Waals surface area contributed by atoms with Crippen LogP contribution in [0.4, 0.5) is 0 Å². The van der Waals surface area contributed by atoms with Gasteiger partial charge in [-0.3, -0.25) is 0 Å². The normalized spacial score (nSPS) is 11.3. The second-order valence-electron chi connectivity index (χ2n) is 12.1. The Morgan fingerprint density at radius 2 is 0.918 bits per heavy atom. The largest absolute Gasteiger partial charge is 0.231 e. The number of aromatic nitrogens is 4. The van der Waals surface area contributed by atoms with Crippen molar-refractivity contribution in [2.75, 3.05) is 0 Å². The molecule has 0 bridgehead atoms. The summed E-state index contributed by atoms with van der Waals surface area (Å²) in [6.45, 7) is 0. The lowest BCUT2D eigenvalue weighted by molar-refractivity contribution is 0.917. The third-order valence-corrected chi connectivity index (χ3v) is 9.04. The van der Waals surface area contributed by atoms with Gasteiger partial charge < -0.3 is 0 Å². The summed E-state index contributed by atoms with van der Waals surface area (Å²) in [5.74, 6) is 0.643. The summed E-state index contributed by atoms with van der Waals surface area (Å²) < 4.78 is 2.11. The quantitative estimate of drug-likeness (QED) is 0.184. The molecule has 230 valence electrons. The fourth-order valence-electron chi connectivity index (χ4n) is 6.73. The van der Waals surface area contributed by atoms with Crippen molar-refractivity contribution in [2.45, 2.75) is 0 Å². The summed E-state index contributed by atoms with van der Waals surface area (Å²) >= 11 is 0. The zero-order valence-electron chi connectivity index (χ0n) is 26.6. The maximum atomic E-state index is 5.47. The molecule has 0 N–H and O–H groups in total. The molecule has 0 amide bonds. The van der Waals surface area contributed by atoms with E-state index in [2.05, 4.69) is 144 Å². The highest BCUT2D eigenvalue weighted by Crippen LogP contribution is 2.42. The van der Waals surface area contributed by atoms with Crippen molar-refractivity contribution in [3.8, 4) is 62.0 Å². The first-order chi connectivity index (χ1) is 24.3. The minimum absolute atomic E-state index is 0.643. The molecule has 4 heteroatoms. The van der Waals surface area contributed by atoms with Crippen molar-refractivity contribution in [3.05, 3.63) is 182 Å². The van der Waals surface area contributed by atoms with Gasteiger partial charge in [-0.25, -0.2) is 14.6 Å². The predicted octanol–water partition coefficient (Wildman–Crippen LogP) is 11.3. The highest BCUT2D eigenvalue weighted by atomic mass is 15.3. The Balaban J connectivity index is 1.37. The van der Waals surface area contributed by atoms with E-state index in [1.807, 2.05) is 42.5 Å². The van der Waals surface area contributed by atoms with Gasteiger partial charge in [0.25, 0.3) is 0 Å². The van der Waals surface area contributed by atoms with Gasteiger partial charge in [0.2, 0.25) is 0 Å². The van der Waals surface area contributed by atoms with Crippen LogP contribution in [0, 0.1) is 0 Å². The van der Waals surface area contributed by atoms with Gasteiger partial charge in [0.15, 0.2) is 5.82 Å². The van der Waals surface area contributed by atoms with Crippen LogP contribution in [0.15, 0.2) is 182 Å². The standard InChI is InChI=1S/C45H30N4/c1-5-17-31(18-6-1)38-29-35-25-13-14-26-36(35)44-42(38)43(34-23-11-4-12-24-34)48-49(44)41-28-16-15-27-37(41)45-46-39(32-19-7-2-8-20-32)30-40(47-45)33-21-9-3-10-22-33/h1-30H. The van der Waals surface area contributed by atoms with E-state index in [4.69, 9.17) is 15.1 Å². The molecule has 0 saturated heterocycles. The van der Waals surface area contributed by atoms with Crippen LogP contribution in [0.2, 0.25) is 0 Å². The third kappa shape index (κ3) is 5.16. The predicted molar refractivity (Wildman–Crippen MR) is 201 cm³/mol. The van der Waals surface area contributed by atoms with Crippen LogP contribution in [0.1, 0.15) is 0 Å². The first kappa shape index (κ1) is 28.6. The molecule has 0 fully saturated rings. The molecule has 9 aromatic rings. The molecule has 9 rings (SSSR count). The molecular formula is C45H30N4. The summed E-state index contributed by atoms with van der Waals surface area (Å²) in [6.07, 6.45) is 0. The van der Waals surface area contributed by atoms with Crippen molar-refractivity contribution in [2.24, 2.45) is 0 Å². The Hall–Kier alpha value is -6.65. The van der Waals surface area contributed by atoms with Crippen molar-refractivity contribution in [1.29, 1.82) is 0 Å². The fourth-order valence-corrected chi connectivity index (χ4v) is 6.73. The molecule has 2 heterocycles. The van der Waals surface area contributed by atoms with Gasteiger partial charge in [-0.05, 0) is 40.8 Å². The van der Waals surface area contributed by atoms with Crippen molar-refractivity contribution in [3.63, 3.8) is 0 Å². The molecule has 0 saturated carbocycles. The smallest absolute Gasteiger partial charge is 0.162 e. The second-order valence-corrected chi connectivity index (χ2v) is 12.1. The molecule has 0 radical (unpaired) electrons. The number of nitrogens with zero attached hydrogens (tertiary/aromatic N) is 4. The van der Waals surface area contributed by atoms with Gasteiger partial charge in [0.05, 0.1) is 22.6 Å². The zero-order chi connectivity index (χ0) is 32.6. The SMILES string of the molecule is c1ccc(-c2cc(-c3ccccc3)nc(-c3ccccc3-n3nc(-c4ccccc4)c4c(-c5ccccc5)cc5ccccc5c43)n2)cc1. The Bertz CT molecular complexity index is 2520. The molecule has 0 aliphatic carbocycles.